The highest BCUT2D eigenvalue weighted by Crippen LogP contribution is 2.45. The maximum absolute atomic E-state index is 13.1. The van der Waals surface area contributed by atoms with Crippen LogP contribution in [0.2, 0.25) is 0 Å². The summed E-state index contributed by atoms with van der Waals surface area (Å²) in [5.41, 5.74) is 6.39. The maximum atomic E-state index is 13.1. The van der Waals surface area contributed by atoms with Crippen LogP contribution >= 0.6 is 23.1 Å². The molecule has 8 heteroatoms. The molecule has 6 nitrogen and oxygen atoms in total. The standard InChI is InChI=1S/C20H22N4O2S2/c1-26-14-4-2-13(3-5-14)23-7-9-24(10-8-23)19(25)18-16-12-28-20-15(6-11-27-20)17(16)21-22-18/h2-6,11,16-17,21H,7-10,12H2,1H3. The number of ether oxygens (including phenoxy) is 1. The van der Waals surface area contributed by atoms with Crippen LogP contribution in [0, 0.1) is 5.92 Å². The molecule has 1 amide bonds. The fourth-order valence-electron chi connectivity index (χ4n) is 4.08. The first-order chi connectivity index (χ1) is 13.7. The van der Waals surface area contributed by atoms with Gasteiger partial charge in [0.25, 0.3) is 5.91 Å². The van der Waals surface area contributed by atoms with Crippen molar-refractivity contribution in [1.82, 2.24) is 10.3 Å². The van der Waals surface area contributed by atoms with Crippen molar-refractivity contribution >= 4 is 40.4 Å². The Morgan fingerprint density at radius 3 is 2.71 bits per heavy atom. The van der Waals surface area contributed by atoms with E-state index >= 15 is 0 Å². The quantitative estimate of drug-likeness (QED) is 0.837. The molecule has 3 aliphatic heterocycles. The van der Waals surface area contributed by atoms with Gasteiger partial charge in [0, 0.05) is 49.1 Å². The molecule has 4 heterocycles. The number of piperazine rings is 1. The molecule has 1 N–H and O–H groups in total. The van der Waals surface area contributed by atoms with Crippen molar-refractivity contribution in [3.8, 4) is 5.75 Å². The first-order valence-corrected chi connectivity index (χ1v) is 11.3. The van der Waals surface area contributed by atoms with Crippen molar-refractivity contribution < 1.29 is 9.53 Å². The van der Waals surface area contributed by atoms with Crippen molar-refractivity contribution in [2.24, 2.45) is 11.0 Å². The number of nitrogens with one attached hydrogen (secondary N) is 1. The predicted octanol–water partition coefficient (Wildman–Crippen LogP) is 2.83. The minimum Gasteiger partial charge on any atom is -0.497 e. The molecule has 1 aromatic carbocycles. The third-order valence-electron chi connectivity index (χ3n) is 5.69. The maximum Gasteiger partial charge on any atom is 0.270 e. The summed E-state index contributed by atoms with van der Waals surface area (Å²) in [6.45, 7) is 3.10. The Kier molecular flexibility index (Phi) is 4.68. The summed E-state index contributed by atoms with van der Waals surface area (Å²) in [6, 6.07) is 10.4. The van der Waals surface area contributed by atoms with Crippen molar-refractivity contribution in [2.45, 2.75) is 10.3 Å². The molecule has 0 saturated carbocycles. The van der Waals surface area contributed by atoms with Gasteiger partial charge in [0.05, 0.1) is 17.4 Å². The number of thiophene rings is 1. The largest absolute Gasteiger partial charge is 0.497 e. The first kappa shape index (κ1) is 17.9. The van der Waals surface area contributed by atoms with Gasteiger partial charge in [-0.15, -0.1) is 23.1 Å². The van der Waals surface area contributed by atoms with E-state index in [4.69, 9.17) is 4.74 Å². The molecule has 146 valence electrons. The molecular weight excluding hydrogens is 392 g/mol. The lowest BCUT2D eigenvalue weighted by Crippen LogP contribution is -2.51. The molecule has 1 saturated heterocycles. The SMILES string of the molecule is COc1ccc(N2CCN(C(=O)C3=NNC4c5ccsc5SCC34)CC2)cc1. The Balaban J connectivity index is 1.23. The number of rotatable bonds is 3. The van der Waals surface area contributed by atoms with E-state index in [9.17, 15) is 4.79 Å². The van der Waals surface area contributed by atoms with Gasteiger partial charge in [-0.3, -0.25) is 4.79 Å². The highest BCUT2D eigenvalue weighted by atomic mass is 32.2. The van der Waals surface area contributed by atoms with Gasteiger partial charge in [-0.2, -0.15) is 5.10 Å². The fourth-order valence-corrected chi connectivity index (χ4v) is 6.43. The van der Waals surface area contributed by atoms with Crippen LogP contribution in [0.3, 0.4) is 0 Å². The second kappa shape index (κ2) is 7.33. The van der Waals surface area contributed by atoms with Gasteiger partial charge in [-0.05, 0) is 35.7 Å². The van der Waals surface area contributed by atoms with E-state index in [1.54, 1.807) is 18.4 Å². The van der Waals surface area contributed by atoms with Crippen LogP contribution < -0.4 is 15.1 Å². The summed E-state index contributed by atoms with van der Waals surface area (Å²) in [5.74, 6) is 2.03. The highest BCUT2D eigenvalue weighted by Gasteiger charge is 2.42. The monoisotopic (exact) mass is 414 g/mol. The number of hydrazone groups is 1. The minimum atomic E-state index is 0.0914. The van der Waals surface area contributed by atoms with Crippen molar-refractivity contribution in [3.63, 3.8) is 0 Å². The number of amides is 1. The van der Waals surface area contributed by atoms with Gasteiger partial charge in [0.2, 0.25) is 0 Å². The molecule has 2 aromatic rings. The van der Waals surface area contributed by atoms with Crippen LogP contribution in [0.5, 0.6) is 5.75 Å². The van der Waals surface area contributed by atoms with Crippen LogP contribution in [-0.2, 0) is 4.79 Å². The Morgan fingerprint density at radius 2 is 1.96 bits per heavy atom. The molecule has 2 atom stereocenters. The number of methoxy groups -OCH3 is 1. The summed E-state index contributed by atoms with van der Waals surface area (Å²) in [4.78, 5) is 17.4. The molecular formula is C20H22N4O2S2. The normalized spacial score (nSPS) is 23.5. The van der Waals surface area contributed by atoms with Gasteiger partial charge in [0.1, 0.15) is 11.5 Å². The second-order valence-electron chi connectivity index (χ2n) is 7.16. The van der Waals surface area contributed by atoms with Crippen molar-refractivity contribution in [3.05, 3.63) is 41.3 Å². The molecule has 0 aliphatic carbocycles. The Morgan fingerprint density at radius 1 is 1.18 bits per heavy atom. The smallest absolute Gasteiger partial charge is 0.270 e. The Bertz CT molecular complexity index is 903. The van der Waals surface area contributed by atoms with Crippen LogP contribution in [0.1, 0.15) is 11.6 Å². The van der Waals surface area contributed by atoms with E-state index in [-0.39, 0.29) is 17.9 Å². The lowest BCUT2D eigenvalue weighted by Gasteiger charge is -2.36. The van der Waals surface area contributed by atoms with E-state index in [1.165, 1.54) is 15.5 Å². The fraction of sp³-hybridized carbons (Fsp3) is 0.400. The number of carbonyl (C=O) groups is 1. The van der Waals surface area contributed by atoms with E-state index < -0.39 is 0 Å². The predicted molar refractivity (Wildman–Crippen MR) is 114 cm³/mol. The third kappa shape index (κ3) is 3.04. The Labute approximate surface area is 172 Å². The summed E-state index contributed by atoms with van der Waals surface area (Å²) < 4.78 is 6.58. The van der Waals surface area contributed by atoms with Gasteiger partial charge < -0.3 is 20.0 Å². The average Bonchev–Trinajstić information content (AvgIpc) is 3.40. The number of fused-ring (bicyclic) bond motifs is 3. The summed E-state index contributed by atoms with van der Waals surface area (Å²) >= 11 is 3.62. The molecule has 1 aromatic heterocycles. The summed E-state index contributed by atoms with van der Waals surface area (Å²) in [5, 5.41) is 6.59. The zero-order chi connectivity index (χ0) is 19.1. The van der Waals surface area contributed by atoms with E-state index in [0.717, 1.165) is 37.7 Å². The number of thioether (sulfide) groups is 1. The van der Waals surface area contributed by atoms with Gasteiger partial charge in [-0.25, -0.2) is 0 Å². The molecule has 5 rings (SSSR count). The van der Waals surface area contributed by atoms with Crippen molar-refractivity contribution in [2.75, 3.05) is 43.9 Å². The lowest BCUT2D eigenvalue weighted by molar-refractivity contribution is -0.124. The molecule has 0 spiro atoms. The summed E-state index contributed by atoms with van der Waals surface area (Å²) in [6.07, 6.45) is 0. The highest BCUT2D eigenvalue weighted by molar-refractivity contribution is 8.01. The molecule has 0 radical (unpaired) electrons. The number of benzene rings is 1. The van der Waals surface area contributed by atoms with Crippen molar-refractivity contribution in [1.29, 1.82) is 0 Å². The number of anilines is 1. The zero-order valence-corrected chi connectivity index (χ0v) is 17.3. The lowest BCUT2D eigenvalue weighted by atomic mass is 9.92. The number of hydrogen-bond acceptors (Lipinski definition) is 7. The minimum absolute atomic E-state index is 0.0914. The molecule has 2 unspecified atom stereocenters. The van der Waals surface area contributed by atoms with E-state index in [0.29, 0.717) is 5.71 Å². The molecule has 1 fully saturated rings. The van der Waals surface area contributed by atoms with E-state index in [2.05, 4.69) is 39.0 Å². The van der Waals surface area contributed by atoms with Crippen LogP contribution in [-0.4, -0.2) is 55.6 Å². The molecule has 3 aliphatic rings. The molecule has 0 bridgehead atoms. The Hall–Kier alpha value is -2.19. The number of carbonyl (C=O) groups excluding carboxylic acids is 1. The third-order valence-corrected chi connectivity index (χ3v) is 8.08. The van der Waals surface area contributed by atoms with Crippen LogP contribution in [0.4, 0.5) is 5.69 Å². The van der Waals surface area contributed by atoms with Gasteiger partial charge >= 0.3 is 0 Å². The number of hydrogen-bond donors (Lipinski definition) is 1. The van der Waals surface area contributed by atoms with Crippen LogP contribution in [0.25, 0.3) is 0 Å². The van der Waals surface area contributed by atoms with Gasteiger partial charge in [0.15, 0.2) is 0 Å². The molecule has 28 heavy (non-hydrogen) atoms. The average molecular weight is 415 g/mol. The van der Waals surface area contributed by atoms with Gasteiger partial charge in [-0.1, -0.05) is 0 Å². The zero-order valence-electron chi connectivity index (χ0n) is 15.6. The van der Waals surface area contributed by atoms with Crippen LogP contribution in [0.15, 0.2) is 45.0 Å². The second-order valence-corrected chi connectivity index (χ2v) is 9.37. The first-order valence-electron chi connectivity index (χ1n) is 9.46. The number of nitrogens with zero attached hydrogens (tertiary/aromatic N) is 3. The topological polar surface area (TPSA) is 57.2 Å². The summed E-state index contributed by atoms with van der Waals surface area (Å²) in [7, 11) is 1.68. The van der Waals surface area contributed by atoms with E-state index in [1.807, 2.05) is 28.8 Å².